The number of hydrogen-bond donors (Lipinski definition) is 1. The zero-order chi connectivity index (χ0) is 16.0. The zero-order valence-electron chi connectivity index (χ0n) is 12.8. The van der Waals surface area contributed by atoms with Gasteiger partial charge >= 0.3 is 11.9 Å². The molecule has 0 bridgehead atoms. The summed E-state index contributed by atoms with van der Waals surface area (Å²) >= 11 is 0. The lowest BCUT2D eigenvalue weighted by Gasteiger charge is -2.29. The lowest BCUT2D eigenvalue weighted by molar-refractivity contribution is -0.162. The predicted octanol–water partition coefficient (Wildman–Crippen LogP) is 3.24. The van der Waals surface area contributed by atoms with Gasteiger partial charge in [-0.25, -0.2) is 0 Å². The zero-order valence-corrected chi connectivity index (χ0v) is 12.8. The van der Waals surface area contributed by atoms with Crippen molar-refractivity contribution in [1.82, 2.24) is 0 Å². The van der Waals surface area contributed by atoms with Gasteiger partial charge in [-0.2, -0.15) is 0 Å². The monoisotopic (exact) mass is 290 g/mol. The molecular weight excluding hydrogens is 268 g/mol. The summed E-state index contributed by atoms with van der Waals surface area (Å²) in [5.74, 6) is -1.90. The van der Waals surface area contributed by atoms with Gasteiger partial charge in [0.25, 0.3) is 0 Å². The number of aryl methyl sites for hydroxylation is 1. The molecule has 1 aromatic rings. The van der Waals surface area contributed by atoms with E-state index in [1.807, 2.05) is 13.0 Å². The van der Waals surface area contributed by atoms with Crippen LogP contribution in [-0.4, -0.2) is 23.7 Å². The first-order valence-corrected chi connectivity index (χ1v) is 6.97. The standard InChI is InChI=1S/C17H22O4/c1-5-21-16(20)17(15(18)19,11-10-12(2)3)14-9-7-6-8-13(14)4/h6-9H,2,5,10-11H2,1,3-4H3,(H,18,19). The Balaban J connectivity index is 3.43. The number of hydrogen-bond acceptors (Lipinski definition) is 3. The highest BCUT2D eigenvalue weighted by Gasteiger charge is 2.49. The normalized spacial score (nSPS) is 13.3. The Bertz CT molecular complexity index is 547. The van der Waals surface area contributed by atoms with Gasteiger partial charge in [0, 0.05) is 0 Å². The number of carboxylic acids is 1. The SMILES string of the molecule is C=C(C)CCC(C(=O)O)(C(=O)OCC)c1ccccc1C. The number of ether oxygens (including phenoxy) is 1. The first-order valence-electron chi connectivity index (χ1n) is 6.97. The van der Waals surface area contributed by atoms with Crippen molar-refractivity contribution in [1.29, 1.82) is 0 Å². The Morgan fingerprint density at radius 2 is 1.95 bits per heavy atom. The van der Waals surface area contributed by atoms with Crippen LogP contribution in [-0.2, 0) is 19.7 Å². The van der Waals surface area contributed by atoms with E-state index in [-0.39, 0.29) is 13.0 Å². The van der Waals surface area contributed by atoms with Gasteiger partial charge < -0.3 is 9.84 Å². The van der Waals surface area contributed by atoms with Crippen LogP contribution in [0.4, 0.5) is 0 Å². The van der Waals surface area contributed by atoms with E-state index >= 15 is 0 Å². The van der Waals surface area contributed by atoms with Crippen LogP contribution in [0, 0.1) is 6.92 Å². The summed E-state index contributed by atoms with van der Waals surface area (Å²) < 4.78 is 5.06. The van der Waals surface area contributed by atoms with Gasteiger partial charge in [0.2, 0.25) is 0 Å². The van der Waals surface area contributed by atoms with E-state index in [2.05, 4.69) is 6.58 Å². The van der Waals surface area contributed by atoms with Crippen molar-refractivity contribution in [3.63, 3.8) is 0 Å². The Labute approximate surface area is 125 Å². The van der Waals surface area contributed by atoms with Crippen LogP contribution >= 0.6 is 0 Å². The van der Waals surface area contributed by atoms with Crippen molar-refractivity contribution in [3.05, 3.63) is 47.5 Å². The van der Waals surface area contributed by atoms with Crippen molar-refractivity contribution in [2.24, 2.45) is 0 Å². The maximum atomic E-state index is 12.4. The van der Waals surface area contributed by atoms with Crippen molar-refractivity contribution in [2.75, 3.05) is 6.61 Å². The molecule has 114 valence electrons. The molecule has 0 heterocycles. The highest BCUT2D eigenvalue weighted by atomic mass is 16.5. The molecule has 0 saturated heterocycles. The van der Waals surface area contributed by atoms with E-state index in [4.69, 9.17) is 4.74 Å². The number of esters is 1. The predicted molar refractivity (Wildman–Crippen MR) is 81.2 cm³/mol. The fourth-order valence-corrected chi connectivity index (χ4v) is 2.36. The second-order valence-corrected chi connectivity index (χ2v) is 5.20. The van der Waals surface area contributed by atoms with Gasteiger partial charge in [-0.05, 0) is 44.7 Å². The van der Waals surface area contributed by atoms with E-state index in [9.17, 15) is 14.7 Å². The minimum atomic E-state index is -1.68. The van der Waals surface area contributed by atoms with Gasteiger partial charge in [0.1, 0.15) is 0 Å². The molecule has 0 radical (unpaired) electrons. The maximum absolute atomic E-state index is 12.4. The topological polar surface area (TPSA) is 63.6 Å². The molecule has 1 unspecified atom stereocenters. The number of carbonyl (C=O) groups excluding carboxylic acids is 1. The van der Waals surface area contributed by atoms with Gasteiger partial charge in [-0.3, -0.25) is 9.59 Å². The van der Waals surface area contributed by atoms with Gasteiger partial charge in [-0.1, -0.05) is 29.8 Å². The quantitative estimate of drug-likeness (QED) is 0.475. The van der Waals surface area contributed by atoms with E-state index < -0.39 is 17.4 Å². The van der Waals surface area contributed by atoms with Crippen LogP contribution in [0.3, 0.4) is 0 Å². The van der Waals surface area contributed by atoms with Crippen molar-refractivity contribution >= 4 is 11.9 Å². The molecular formula is C17H22O4. The molecule has 1 rings (SSSR count). The molecule has 0 aliphatic heterocycles. The molecule has 0 fully saturated rings. The molecule has 1 aromatic carbocycles. The molecule has 4 nitrogen and oxygen atoms in total. The minimum absolute atomic E-state index is 0.140. The van der Waals surface area contributed by atoms with Gasteiger partial charge in [-0.15, -0.1) is 6.58 Å². The maximum Gasteiger partial charge on any atom is 0.328 e. The minimum Gasteiger partial charge on any atom is -0.480 e. The summed E-state index contributed by atoms with van der Waals surface area (Å²) in [5.41, 5.74) is 0.394. The fraction of sp³-hybridized carbons (Fsp3) is 0.412. The molecule has 21 heavy (non-hydrogen) atoms. The smallest absolute Gasteiger partial charge is 0.328 e. The highest BCUT2D eigenvalue weighted by molar-refractivity contribution is 6.05. The molecule has 0 aliphatic rings. The average molecular weight is 290 g/mol. The number of carboxylic acid groups (broad SMARTS) is 1. The Hall–Kier alpha value is -2.10. The van der Waals surface area contributed by atoms with E-state index in [1.165, 1.54) is 0 Å². The van der Waals surface area contributed by atoms with E-state index in [0.717, 1.165) is 11.1 Å². The van der Waals surface area contributed by atoms with Crippen LogP contribution in [0.2, 0.25) is 0 Å². The first kappa shape index (κ1) is 17.0. The van der Waals surface area contributed by atoms with Crippen molar-refractivity contribution in [3.8, 4) is 0 Å². The summed E-state index contributed by atoms with van der Waals surface area (Å²) in [4.78, 5) is 24.4. The Kier molecular flexibility index (Phi) is 5.70. The van der Waals surface area contributed by atoms with Crippen LogP contribution in [0.5, 0.6) is 0 Å². The Morgan fingerprint density at radius 3 is 2.43 bits per heavy atom. The third-order valence-corrected chi connectivity index (χ3v) is 3.52. The molecule has 0 aliphatic carbocycles. The number of allylic oxidation sites excluding steroid dienone is 1. The third kappa shape index (κ3) is 3.51. The molecule has 1 N–H and O–H groups in total. The van der Waals surface area contributed by atoms with Crippen LogP contribution in [0.25, 0.3) is 0 Å². The first-order chi connectivity index (χ1) is 9.86. The summed E-state index contributed by atoms with van der Waals surface area (Å²) in [7, 11) is 0. The average Bonchev–Trinajstić information content (AvgIpc) is 2.41. The van der Waals surface area contributed by atoms with Crippen molar-refractivity contribution in [2.45, 2.75) is 39.0 Å². The number of carbonyl (C=O) groups is 2. The molecule has 0 amide bonds. The third-order valence-electron chi connectivity index (χ3n) is 3.52. The number of rotatable bonds is 7. The van der Waals surface area contributed by atoms with E-state index in [1.54, 1.807) is 32.0 Å². The summed E-state index contributed by atoms with van der Waals surface area (Å²) in [6.45, 7) is 9.22. The molecule has 0 saturated carbocycles. The lowest BCUT2D eigenvalue weighted by atomic mass is 9.74. The van der Waals surface area contributed by atoms with Gasteiger partial charge in [0.05, 0.1) is 6.61 Å². The van der Waals surface area contributed by atoms with Crippen LogP contribution < -0.4 is 0 Å². The molecule has 0 aromatic heterocycles. The summed E-state index contributed by atoms with van der Waals surface area (Å²) in [6, 6.07) is 7.03. The second-order valence-electron chi connectivity index (χ2n) is 5.20. The van der Waals surface area contributed by atoms with Crippen LogP contribution in [0.1, 0.15) is 37.8 Å². The molecule has 4 heteroatoms. The number of aliphatic carboxylic acids is 1. The van der Waals surface area contributed by atoms with Crippen LogP contribution in [0.15, 0.2) is 36.4 Å². The number of benzene rings is 1. The second kappa shape index (κ2) is 7.07. The molecule has 1 atom stereocenters. The van der Waals surface area contributed by atoms with Crippen molar-refractivity contribution < 1.29 is 19.4 Å². The highest BCUT2D eigenvalue weighted by Crippen LogP contribution is 2.35. The Morgan fingerprint density at radius 1 is 1.33 bits per heavy atom. The summed E-state index contributed by atoms with van der Waals surface area (Å²) in [5, 5.41) is 9.78. The fourth-order valence-electron chi connectivity index (χ4n) is 2.36. The van der Waals surface area contributed by atoms with Gasteiger partial charge in [0.15, 0.2) is 5.41 Å². The summed E-state index contributed by atoms with van der Waals surface area (Å²) in [6.07, 6.45) is 0.584. The largest absolute Gasteiger partial charge is 0.480 e. The molecule has 0 spiro atoms. The van der Waals surface area contributed by atoms with E-state index in [0.29, 0.717) is 12.0 Å². The lowest BCUT2D eigenvalue weighted by Crippen LogP contribution is -2.45.